The molecule has 0 radical (unpaired) electrons. The molecule has 4 nitrogen and oxygen atoms in total. The molecule has 1 atom stereocenters. The van der Waals surface area contributed by atoms with Crippen molar-refractivity contribution >= 4 is 11.8 Å². The lowest BCUT2D eigenvalue weighted by Gasteiger charge is -2.33. The zero-order valence-corrected chi connectivity index (χ0v) is 14.2. The summed E-state index contributed by atoms with van der Waals surface area (Å²) < 4.78 is 0. The van der Waals surface area contributed by atoms with Crippen LogP contribution >= 0.6 is 0 Å². The second-order valence-corrected chi connectivity index (χ2v) is 6.35. The number of carbonyl (C=O) groups excluding carboxylic acids is 2. The highest BCUT2D eigenvalue weighted by Gasteiger charge is 2.53. The van der Waals surface area contributed by atoms with Crippen LogP contribution in [0.1, 0.15) is 37.4 Å². The van der Waals surface area contributed by atoms with Crippen LogP contribution in [-0.4, -0.2) is 21.8 Å². The molecule has 3 aromatic carbocycles. The largest absolute Gasteiger partial charge is 0.363 e. The Bertz CT molecular complexity index is 998. The van der Waals surface area contributed by atoms with E-state index in [0.717, 1.165) is 10.5 Å². The van der Waals surface area contributed by atoms with Crippen LogP contribution < -0.4 is 0 Å². The van der Waals surface area contributed by atoms with E-state index >= 15 is 0 Å². The van der Waals surface area contributed by atoms with Gasteiger partial charge < -0.3 is 5.11 Å². The summed E-state index contributed by atoms with van der Waals surface area (Å²) in [5.74, 6) is -1.02. The van der Waals surface area contributed by atoms with Crippen LogP contribution in [-0.2, 0) is 5.72 Å². The number of hydrogen-bond acceptors (Lipinski definition) is 3. The Balaban J connectivity index is 1.97. The van der Waals surface area contributed by atoms with Crippen LogP contribution in [0.15, 0.2) is 78.9 Å². The van der Waals surface area contributed by atoms with Gasteiger partial charge >= 0.3 is 0 Å². The van der Waals surface area contributed by atoms with E-state index in [0.29, 0.717) is 22.3 Å². The SMILES string of the molecule is Cc1cccc2c1C(=O)N(C(=O)c1ccccc1)C2(O)c1ccccc1. The fourth-order valence-electron chi connectivity index (χ4n) is 3.53. The minimum absolute atomic E-state index is 0.348. The molecule has 4 rings (SSSR count). The van der Waals surface area contributed by atoms with Gasteiger partial charge in [0.1, 0.15) is 0 Å². The molecule has 0 saturated carbocycles. The number of benzene rings is 3. The fraction of sp³-hybridized carbons (Fsp3) is 0.0909. The predicted octanol–water partition coefficient (Wildman–Crippen LogP) is 3.48. The first kappa shape index (κ1) is 16.2. The molecule has 2 amide bonds. The summed E-state index contributed by atoms with van der Waals surface area (Å²) >= 11 is 0. The van der Waals surface area contributed by atoms with Gasteiger partial charge in [-0.05, 0) is 24.6 Å². The fourth-order valence-corrected chi connectivity index (χ4v) is 3.53. The molecule has 0 aromatic heterocycles. The summed E-state index contributed by atoms with van der Waals surface area (Å²) in [6.45, 7) is 1.80. The molecule has 4 heteroatoms. The Kier molecular flexibility index (Phi) is 3.71. The molecule has 128 valence electrons. The van der Waals surface area contributed by atoms with Crippen molar-refractivity contribution in [3.8, 4) is 0 Å². The van der Waals surface area contributed by atoms with E-state index in [1.54, 1.807) is 79.7 Å². The number of nitrogens with zero attached hydrogens (tertiary/aromatic N) is 1. The Morgan fingerprint density at radius 3 is 2.15 bits per heavy atom. The van der Waals surface area contributed by atoms with Gasteiger partial charge in [0, 0.05) is 16.7 Å². The third kappa shape index (κ3) is 2.20. The highest BCUT2D eigenvalue weighted by Crippen LogP contribution is 2.43. The van der Waals surface area contributed by atoms with E-state index in [1.165, 1.54) is 0 Å². The molecule has 0 bridgehead atoms. The second-order valence-electron chi connectivity index (χ2n) is 6.35. The first-order valence-corrected chi connectivity index (χ1v) is 8.37. The lowest BCUT2D eigenvalue weighted by Crippen LogP contribution is -2.48. The summed E-state index contributed by atoms with van der Waals surface area (Å²) in [6, 6.07) is 22.6. The average Bonchev–Trinajstić information content (AvgIpc) is 2.92. The van der Waals surface area contributed by atoms with Gasteiger partial charge in [0.15, 0.2) is 0 Å². The van der Waals surface area contributed by atoms with E-state index in [9.17, 15) is 14.7 Å². The number of imide groups is 1. The van der Waals surface area contributed by atoms with Crippen LogP contribution in [0.2, 0.25) is 0 Å². The molecule has 1 unspecified atom stereocenters. The lowest BCUT2D eigenvalue weighted by molar-refractivity contribution is -0.0362. The van der Waals surface area contributed by atoms with Gasteiger partial charge in [0.2, 0.25) is 5.72 Å². The summed E-state index contributed by atoms with van der Waals surface area (Å²) in [4.78, 5) is 27.3. The van der Waals surface area contributed by atoms with Gasteiger partial charge in [0.05, 0.1) is 5.56 Å². The maximum Gasteiger partial charge on any atom is 0.264 e. The van der Waals surface area contributed by atoms with Gasteiger partial charge in [-0.25, -0.2) is 4.90 Å². The number of aliphatic hydroxyl groups is 1. The molecule has 1 N–H and O–H groups in total. The molecule has 3 aromatic rings. The molecule has 1 aliphatic heterocycles. The number of carbonyl (C=O) groups is 2. The van der Waals surface area contributed by atoms with Crippen LogP contribution in [0, 0.1) is 6.92 Å². The number of hydrogen-bond donors (Lipinski definition) is 1. The Labute approximate surface area is 151 Å². The quantitative estimate of drug-likeness (QED) is 0.725. The number of amides is 2. The standard InChI is InChI=1S/C22H17NO3/c1-15-9-8-14-18-19(15)21(25)23(20(24)16-10-4-2-5-11-16)22(18,26)17-12-6-3-7-13-17/h2-14,26H,1H3. The number of rotatable bonds is 2. The minimum Gasteiger partial charge on any atom is -0.363 e. The molecule has 0 saturated heterocycles. The lowest BCUT2D eigenvalue weighted by atomic mass is 9.92. The van der Waals surface area contributed by atoms with Crippen molar-refractivity contribution in [1.82, 2.24) is 4.90 Å². The number of aryl methyl sites for hydroxylation is 1. The van der Waals surface area contributed by atoms with E-state index in [4.69, 9.17) is 0 Å². The van der Waals surface area contributed by atoms with E-state index < -0.39 is 17.5 Å². The van der Waals surface area contributed by atoms with Crippen LogP contribution in [0.4, 0.5) is 0 Å². The molecule has 1 aliphatic rings. The van der Waals surface area contributed by atoms with Crippen LogP contribution in [0.25, 0.3) is 0 Å². The average molecular weight is 343 g/mol. The van der Waals surface area contributed by atoms with Crippen molar-refractivity contribution in [2.45, 2.75) is 12.6 Å². The molecule has 0 fully saturated rings. The van der Waals surface area contributed by atoms with Gasteiger partial charge in [-0.1, -0.05) is 66.7 Å². The van der Waals surface area contributed by atoms with Crippen molar-refractivity contribution in [2.75, 3.05) is 0 Å². The van der Waals surface area contributed by atoms with Crippen molar-refractivity contribution in [2.24, 2.45) is 0 Å². The zero-order chi connectivity index (χ0) is 18.3. The third-order valence-electron chi connectivity index (χ3n) is 4.79. The maximum atomic E-state index is 13.2. The smallest absolute Gasteiger partial charge is 0.264 e. The van der Waals surface area contributed by atoms with Crippen molar-refractivity contribution < 1.29 is 14.7 Å². The predicted molar refractivity (Wildman–Crippen MR) is 97.6 cm³/mol. The van der Waals surface area contributed by atoms with Crippen molar-refractivity contribution in [1.29, 1.82) is 0 Å². The van der Waals surface area contributed by atoms with Crippen LogP contribution in [0.3, 0.4) is 0 Å². The van der Waals surface area contributed by atoms with E-state index in [1.807, 2.05) is 6.07 Å². The van der Waals surface area contributed by atoms with Crippen LogP contribution in [0.5, 0.6) is 0 Å². The normalized spacial score (nSPS) is 18.7. The highest BCUT2D eigenvalue weighted by atomic mass is 16.3. The molecule has 0 spiro atoms. The van der Waals surface area contributed by atoms with E-state index in [-0.39, 0.29) is 0 Å². The summed E-state index contributed by atoms with van der Waals surface area (Å²) in [5.41, 5.74) is 0.515. The molecular formula is C22H17NO3. The molecule has 0 aliphatic carbocycles. The summed E-state index contributed by atoms with van der Waals surface area (Å²) in [6.07, 6.45) is 0. The Hall–Kier alpha value is -3.24. The van der Waals surface area contributed by atoms with Gasteiger partial charge in [0.25, 0.3) is 11.8 Å². The molecular weight excluding hydrogens is 326 g/mol. The Morgan fingerprint density at radius 2 is 1.50 bits per heavy atom. The van der Waals surface area contributed by atoms with Gasteiger partial charge in [-0.3, -0.25) is 9.59 Å². The second kappa shape index (κ2) is 5.93. The zero-order valence-electron chi connectivity index (χ0n) is 14.2. The first-order valence-electron chi connectivity index (χ1n) is 8.37. The molecule has 1 heterocycles. The maximum absolute atomic E-state index is 13.2. The monoisotopic (exact) mass is 343 g/mol. The number of fused-ring (bicyclic) bond motifs is 1. The molecule has 26 heavy (non-hydrogen) atoms. The van der Waals surface area contributed by atoms with E-state index in [2.05, 4.69) is 0 Å². The summed E-state index contributed by atoms with van der Waals surface area (Å²) in [7, 11) is 0. The minimum atomic E-state index is -1.84. The highest BCUT2D eigenvalue weighted by molar-refractivity contribution is 6.15. The van der Waals surface area contributed by atoms with Crippen molar-refractivity contribution in [3.05, 3.63) is 107 Å². The topological polar surface area (TPSA) is 57.6 Å². The summed E-state index contributed by atoms with van der Waals surface area (Å²) in [5, 5.41) is 11.7. The van der Waals surface area contributed by atoms with Gasteiger partial charge in [-0.2, -0.15) is 0 Å². The van der Waals surface area contributed by atoms with Gasteiger partial charge in [-0.15, -0.1) is 0 Å². The van der Waals surface area contributed by atoms with Crippen molar-refractivity contribution in [3.63, 3.8) is 0 Å². The third-order valence-corrected chi connectivity index (χ3v) is 4.79. The first-order chi connectivity index (χ1) is 12.5. The Morgan fingerprint density at radius 1 is 0.885 bits per heavy atom.